The fourth-order valence-corrected chi connectivity index (χ4v) is 0.547. The largest absolute Gasteiger partial charge is 0.348 e. The molecular weight excluding hydrogens is 216 g/mol. The Bertz CT molecular complexity index is 283. The number of halogens is 4. The maximum atomic E-state index is 12.4. The van der Waals surface area contributed by atoms with Crippen molar-refractivity contribution in [1.29, 1.82) is 5.26 Å². The number of alkyl halides is 4. The summed E-state index contributed by atoms with van der Waals surface area (Å²) >= 11 is 0. The molecule has 0 aromatic heterocycles. The molecule has 7 heteroatoms. The number of carbonyl (C=O) groups is 1. The summed E-state index contributed by atoms with van der Waals surface area (Å²) in [5, 5.41) is 10.1. The minimum atomic E-state index is -4.28. The lowest BCUT2D eigenvalue weighted by molar-refractivity contribution is -0.139. The van der Waals surface area contributed by atoms with Gasteiger partial charge in [-0.25, -0.2) is 8.78 Å². The Morgan fingerprint density at radius 1 is 1.47 bits per heavy atom. The second-order valence-corrected chi connectivity index (χ2v) is 3.48. The van der Waals surface area contributed by atoms with E-state index in [1.54, 1.807) is 11.4 Å². The highest BCUT2D eigenvalue weighted by atomic mass is 19.3. The molecule has 0 aliphatic carbocycles. The molecule has 3 nitrogen and oxygen atoms in total. The van der Waals surface area contributed by atoms with Crippen LogP contribution in [0.1, 0.15) is 13.8 Å². The number of nitrogens with zero attached hydrogens (tertiary/aromatic N) is 1. The van der Waals surface area contributed by atoms with Gasteiger partial charge < -0.3 is 5.32 Å². The van der Waals surface area contributed by atoms with Gasteiger partial charge in [0.1, 0.15) is 5.41 Å². The second-order valence-electron chi connectivity index (χ2n) is 3.48. The average Bonchev–Trinajstić information content (AvgIpc) is 2.13. The third kappa shape index (κ3) is 3.73. The van der Waals surface area contributed by atoms with E-state index < -0.39 is 30.2 Å². The lowest BCUT2D eigenvalue weighted by atomic mass is 9.95. The van der Waals surface area contributed by atoms with Gasteiger partial charge in [-0.05, 0) is 13.8 Å². The maximum Gasteiger partial charge on any atom is 0.324 e. The Morgan fingerprint density at radius 3 is 2.27 bits per heavy atom. The molecular formula is C8H10F4N2O. The number of carbonyl (C=O) groups excluding carboxylic acids is 1. The van der Waals surface area contributed by atoms with Crippen molar-refractivity contribution in [1.82, 2.24) is 5.32 Å². The van der Waals surface area contributed by atoms with Crippen molar-refractivity contribution >= 4 is 5.91 Å². The minimum absolute atomic E-state index is 1.01. The van der Waals surface area contributed by atoms with Crippen LogP contribution in [0.25, 0.3) is 0 Å². The van der Waals surface area contributed by atoms with Gasteiger partial charge in [-0.2, -0.15) is 14.0 Å². The number of rotatable bonds is 4. The van der Waals surface area contributed by atoms with Crippen LogP contribution in [-0.4, -0.2) is 24.8 Å². The summed E-state index contributed by atoms with van der Waals surface area (Å²) in [4.78, 5) is 11.1. The van der Waals surface area contributed by atoms with Gasteiger partial charge in [0.25, 0.3) is 0 Å². The number of amides is 1. The van der Waals surface area contributed by atoms with E-state index in [4.69, 9.17) is 5.26 Å². The van der Waals surface area contributed by atoms with E-state index in [1.165, 1.54) is 13.8 Å². The fraction of sp³-hybridized carbons (Fsp3) is 0.750. The lowest BCUT2D eigenvalue weighted by Gasteiger charge is -2.19. The van der Waals surface area contributed by atoms with Crippen molar-refractivity contribution < 1.29 is 22.4 Å². The summed E-state index contributed by atoms with van der Waals surface area (Å²) in [6.45, 7) is 0.917. The molecule has 0 aromatic carbocycles. The van der Waals surface area contributed by atoms with Crippen LogP contribution in [-0.2, 0) is 4.79 Å². The van der Waals surface area contributed by atoms with Crippen LogP contribution in [0, 0.1) is 16.7 Å². The Balaban J connectivity index is 4.32. The first-order chi connectivity index (χ1) is 6.63. The zero-order valence-electron chi connectivity index (χ0n) is 8.15. The molecule has 15 heavy (non-hydrogen) atoms. The Labute approximate surface area is 84.1 Å². The van der Waals surface area contributed by atoms with E-state index in [0.717, 1.165) is 0 Å². The molecule has 0 saturated carbocycles. The van der Waals surface area contributed by atoms with Crippen LogP contribution in [0.3, 0.4) is 0 Å². The van der Waals surface area contributed by atoms with Crippen molar-refractivity contribution in [2.45, 2.75) is 26.2 Å². The molecule has 0 spiro atoms. The summed E-state index contributed by atoms with van der Waals surface area (Å²) in [6.07, 6.45) is -3.84. The van der Waals surface area contributed by atoms with Crippen LogP contribution in [0.5, 0.6) is 0 Å². The van der Waals surface area contributed by atoms with Gasteiger partial charge in [-0.15, -0.1) is 0 Å². The number of nitrogens with one attached hydrogen (secondary N) is 1. The molecule has 0 bridgehead atoms. The van der Waals surface area contributed by atoms with Gasteiger partial charge in [-0.1, -0.05) is 0 Å². The Morgan fingerprint density at radius 2 is 1.93 bits per heavy atom. The van der Waals surface area contributed by atoms with Crippen molar-refractivity contribution in [3.63, 3.8) is 0 Å². The standard InChI is InChI=1S/C8H10F4N2O/c1-7(2,3-13)6(15)14-4-8(11,12)5(9)10/h5H,4H2,1-2H3,(H,14,15). The highest BCUT2D eigenvalue weighted by molar-refractivity contribution is 5.84. The van der Waals surface area contributed by atoms with Crippen LogP contribution in [0.15, 0.2) is 0 Å². The topological polar surface area (TPSA) is 52.9 Å². The molecule has 0 unspecified atom stereocenters. The Hall–Kier alpha value is -1.32. The molecule has 0 aliphatic rings. The maximum absolute atomic E-state index is 12.4. The van der Waals surface area contributed by atoms with Gasteiger partial charge in [0.05, 0.1) is 12.6 Å². The highest BCUT2D eigenvalue weighted by Gasteiger charge is 2.42. The zero-order chi connectivity index (χ0) is 12.3. The summed E-state index contributed by atoms with van der Waals surface area (Å²) in [6, 6.07) is 1.56. The molecule has 0 fully saturated rings. The van der Waals surface area contributed by atoms with Crippen molar-refractivity contribution in [3.8, 4) is 6.07 Å². The number of nitriles is 1. The second kappa shape index (κ2) is 4.47. The predicted octanol–water partition coefficient (Wildman–Crippen LogP) is 1.55. The quantitative estimate of drug-likeness (QED) is 0.739. The van der Waals surface area contributed by atoms with Crippen molar-refractivity contribution in [2.75, 3.05) is 6.54 Å². The molecule has 1 N–H and O–H groups in total. The highest BCUT2D eigenvalue weighted by Crippen LogP contribution is 2.22. The first-order valence-corrected chi connectivity index (χ1v) is 3.99. The van der Waals surface area contributed by atoms with E-state index in [1.807, 2.05) is 0 Å². The molecule has 86 valence electrons. The predicted molar refractivity (Wildman–Crippen MR) is 43.4 cm³/mol. The van der Waals surface area contributed by atoms with Gasteiger partial charge >= 0.3 is 12.3 Å². The first kappa shape index (κ1) is 13.7. The van der Waals surface area contributed by atoms with Crippen LogP contribution < -0.4 is 5.32 Å². The number of hydrogen-bond acceptors (Lipinski definition) is 2. The fourth-order valence-electron chi connectivity index (χ4n) is 0.547. The molecule has 0 aromatic rings. The summed E-state index contributed by atoms with van der Waals surface area (Å²) in [5.74, 6) is -5.29. The van der Waals surface area contributed by atoms with Gasteiger partial charge in [0.15, 0.2) is 0 Å². The van der Waals surface area contributed by atoms with Crippen molar-refractivity contribution in [2.24, 2.45) is 5.41 Å². The molecule has 0 radical (unpaired) electrons. The molecule has 0 saturated heterocycles. The molecule has 0 heterocycles. The molecule has 1 amide bonds. The summed E-state index contributed by atoms with van der Waals surface area (Å²) in [5.41, 5.74) is -1.52. The normalized spacial score (nSPS) is 12.4. The average molecular weight is 226 g/mol. The third-order valence-corrected chi connectivity index (χ3v) is 1.65. The monoisotopic (exact) mass is 226 g/mol. The number of hydrogen-bond donors (Lipinski definition) is 1. The van der Waals surface area contributed by atoms with E-state index >= 15 is 0 Å². The van der Waals surface area contributed by atoms with E-state index in [9.17, 15) is 22.4 Å². The molecule has 0 atom stereocenters. The van der Waals surface area contributed by atoms with Gasteiger partial charge in [0.2, 0.25) is 5.91 Å². The van der Waals surface area contributed by atoms with Gasteiger partial charge in [-0.3, -0.25) is 4.79 Å². The molecule has 0 aliphatic heterocycles. The lowest BCUT2D eigenvalue weighted by Crippen LogP contribution is -2.45. The van der Waals surface area contributed by atoms with Crippen molar-refractivity contribution in [3.05, 3.63) is 0 Å². The molecule has 0 rings (SSSR count). The van der Waals surface area contributed by atoms with Gasteiger partial charge in [0, 0.05) is 0 Å². The minimum Gasteiger partial charge on any atom is -0.348 e. The SMILES string of the molecule is CC(C)(C#N)C(=O)NCC(F)(F)C(F)F. The van der Waals surface area contributed by atoms with E-state index in [0.29, 0.717) is 0 Å². The first-order valence-electron chi connectivity index (χ1n) is 3.99. The summed E-state index contributed by atoms with van der Waals surface area (Å²) < 4.78 is 48.1. The van der Waals surface area contributed by atoms with E-state index in [-0.39, 0.29) is 0 Å². The zero-order valence-corrected chi connectivity index (χ0v) is 8.15. The van der Waals surface area contributed by atoms with Crippen LogP contribution in [0.4, 0.5) is 17.6 Å². The summed E-state index contributed by atoms with van der Waals surface area (Å²) in [7, 11) is 0. The smallest absolute Gasteiger partial charge is 0.324 e. The third-order valence-electron chi connectivity index (χ3n) is 1.65. The van der Waals surface area contributed by atoms with Crippen LogP contribution >= 0.6 is 0 Å². The van der Waals surface area contributed by atoms with Crippen LogP contribution in [0.2, 0.25) is 0 Å². The Kier molecular flexibility index (Phi) is 4.07. The van der Waals surface area contributed by atoms with E-state index in [2.05, 4.69) is 0 Å².